The van der Waals surface area contributed by atoms with Crippen LogP contribution in [0.25, 0.3) is 0 Å². The fraction of sp³-hybridized carbons (Fsp3) is 0.588. The van der Waals surface area contributed by atoms with Crippen LogP contribution in [0.15, 0.2) is 29.2 Å². The molecule has 1 amide bonds. The molecule has 134 valence electrons. The van der Waals surface area contributed by atoms with Crippen LogP contribution in [0.4, 0.5) is 0 Å². The van der Waals surface area contributed by atoms with Crippen molar-refractivity contribution in [2.24, 2.45) is 0 Å². The van der Waals surface area contributed by atoms with Crippen molar-refractivity contribution in [3.63, 3.8) is 0 Å². The minimum absolute atomic E-state index is 0.0113. The molecule has 0 N–H and O–H groups in total. The van der Waals surface area contributed by atoms with Crippen molar-refractivity contribution in [1.29, 1.82) is 0 Å². The normalized spacial score (nSPS) is 16.7. The molecule has 1 aromatic rings. The van der Waals surface area contributed by atoms with Crippen molar-refractivity contribution in [2.75, 3.05) is 32.8 Å². The summed E-state index contributed by atoms with van der Waals surface area (Å²) in [5.74, 6) is 0.670. The van der Waals surface area contributed by atoms with Crippen LogP contribution in [0.5, 0.6) is 5.75 Å². The molecule has 1 aromatic carbocycles. The highest BCUT2D eigenvalue weighted by atomic mass is 32.2. The molecular formula is C17H26N2O4S. The van der Waals surface area contributed by atoms with Gasteiger partial charge in [0.2, 0.25) is 15.9 Å². The molecular weight excluding hydrogens is 328 g/mol. The minimum Gasteiger partial charge on any atom is -0.494 e. The zero-order valence-corrected chi connectivity index (χ0v) is 15.2. The van der Waals surface area contributed by atoms with Crippen molar-refractivity contribution in [3.8, 4) is 5.75 Å². The van der Waals surface area contributed by atoms with E-state index in [4.69, 9.17) is 4.74 Å². The van der Waals surface area contributed by atoms with Gasteiger partial charge in [0.1, 0.15) is 5.75 Å². The van der Waals surface area contributed by atoms with Gasteiger partial charge in [0, 0.05) is 33.1 Å². The molecule has 0 atom stereocenters. The van der Waals surface area contributed by atoms with Crippen molar-refractivity contribution < 1.29 is 17.9 Å². The molecule has 0 radical (unpaired) electrons. The summed E-state index contributed by atoms with van der Waals surface area (Å²) in [7, 11) is -3.54. The van der Waals surface area contributed by atoms with E-state index in [1.54, 1.807) is 29.2 Å². The first-order valence-electron chi connectivity index (χ1n) is 8.43. The fourth-order valence-corrected chi connectivity index (χ4v) is 4.11. The Morgan fingerprint density at radius 3 is 2.46 bits per heavy atom. The van der Waals surface area contributed by atoms with E-state index in [9.17, 15) is 13.2 Å². The first-order chi connectivity index (χ1) is 11.4. The third kappa shape index (κ3) is 4.70. The van der Waals surface area contributed by atoms with Gasteiger partial charge in [-0.25, -0.2) is 8.42 Å². The summed E-state index contributed by atoms with van der Waals surface area (Å²) in [6.45, 7) is 6.04. The van der Waals surface area contributed by atoms with Gasteiger partial charge in [-0.1, -0.05) is 13.3 Å². The number of hydrogen-bond acceptors (Lipinski definition) is 4. The molecule has 7 heteroatoms. The van der Waals surface area contributed by atoms with Crippen LogP contribution in [0.1, 0.15) is 33.1 Å². The van der Waals surface area contributed by atoms with Crippen molar-refractivity contribution in [3.05, 3.63) is 24.3 Å². The van der Waals surface area contributed by atoms with Gasteiger partial charge in [-0.15, -0.1) is 0 Å². The Kier molecular flexibility index (Phi) is 6.62. The second-order valence-electron chi connectivity index (χ2n) is 5.94. The summed E-state index contributed by atoms with van der Waals surface area (Å²) in [6, 6.07) is 6.57. The Balaban J connectivity index is 2.05. The van der Waals surface area contributed by atoms with E-state index in [0.29, 0.717) is 45.0 Å². The van der Waals surface area contributed by atoms with Crippen molar-refractivity contribution >= 4 is 15.9 Å². The van der Waals surface area contributed by atoms with E-state index in [-0.39, 0.29) is 10.8 Å². The van der Waals surface area contributed by atoms with Crippen LogP contribution in [0.2, 0.25) is 0 Å². The van der Waals surface area contributed by atoms with Crippen LogP contribution in [-0.4, -0.2) is 56.3 Å². The summed E-state index contributed by atoms with van der Waals surface area (Å²) in [5, 5.41) is 0. The lowest BCUT2D eigenvalue weighted by molar-refractivity contribution is -0.128. The molecule has 24 heavy (non-hydrogen) atoms. The minimum atomic E-state index is -3.54. The first-order valence-corrected chi connectivity index (χ1v) is 9.87. The Labute approximate surface area is 144 Å². The Morgan fingerprint density at radius 1 is 1.12 bits per heavy atom. The Morgan fingerprint density at radius 2 is 1.83 bits per heavy atom. The molecule has 0 unspecified atom stereocenters. The topological polar surface area (TPSA) is 66.9 Å². The van der Waals surface area contributed by atoms with Gasteiger partial charge in [0.15, 0.2) is 0 Å². The maximum Gasteiger partial charge on any atom is 0.243 e. The van der Waals surface area contributed by atoms with Crippen LogP contribution < -0.4 is 4.74 Å². The third-order valence-corrected chi connectivity index (χ3v) is 6.04. The molecule has 1 fully saturated rings. The average Bonchev–Trinajstić information content (AvgIpc) is 2.82. The molecule has 1 heterocycles. The highest BCUT2D eigenvalue weighted by Gasteiger charge is 2.27. The monoisotopic (exact) mass is 354 g/mol. The second kappa shape index (κ2) is 8.48. The maximum absolute atomic E-state index is 12.8. The van der Waals surface area contributed by atoms with Gasteiger partial charge in [0.05, 0.1) is 11.5 Å². The Hall–Kier alpha value is -1.60. The number of amides is 1. The van der Waals surface area contributed by atoms with Gasteiger partial charge in [0.25, 0.3) is 0 Å². The smallest absolute Gasteiger partial charge is 0.243 e. The van der Waals surface area contributed by atoms with Crippen molar-refractivity contribution in [2.45, 2.75) is 38.0 Å². The molecule has 1 aliphatic rings. The standard InChI is InChI=1S/C17H26N2O4S/c1-3-4-14-23-16-6-8-17(9-7-16)24(21,22)19-11-5-10-18(12-13-19)15(2)20/h6-9H,3-5,10-14H2,1-2H3. The number of carbonyl (C=O) groups excluding carboxylic acids is 1. The van der Waals surface area contributed by atoms with E-state index >= 15 is 0 Å². The van der Waals surface area contributed by atoms with E-state index in [1.165, 1.54) is 11.2 Å². The predicted molar refractivity (Wildman–Crippen MR) is 92.5 cm³/mol. The molecule has 0 bridgehead atoms. The van der Waals surface area contributed by atoms with Crippen LogP contribution in [-0.2, 0) is 14.8 Å². The molecule has 6 nitrogen and oxygen atoms in total. The number of rotatable bonds is 6. The number of unbranched alkanes of at least 4 members (excludes halogenated alkanes) is 1. The highest BCUT2D eigenvalue weighted by molar-refractivity contribution is 7.89. The number of benzene rings is 1. The molecule has 1 aliphatic heterocycles. The fourth-order valence-electron chi connectivity index (χ4n) is 2.64. The van der Waals surface area contributed by atoms with Crippen LogP contribution in [0, 0.1) is 0 Å². The Bertz CT molecular complexity index is 643. The van der Waals surface area contributed by atoms with E-state index in [0.717, 1.165) is 12.8 Å². The molecule has 0 aromatic heterocycles. The molecule has 0 aliphatic carbocycles. The van der Waals surface area contributed by atoms with Gasteiger partial charge < -0.3 is 9.64 Å². The van der Waals surface area contributed by atoms with Crippen molar-refractivity contribution in [1.82, 2.24) is 9.21 Å². The molecule has 0 spiro atoms. The van der Waals surface area contributed by atoms with Gasteiger partial charge in [-0.05, 0) is 37.1 Å². The maximum atomic E-state index is 12.8. The number of nitrogens with zero attached hydrogens (tertiary/aromatic N) is 2. The molecule has 1 saturated heterocycles. The van der Waals surface area contributed by atoms with E-state index in [1.807, 2.05) is 0 Å². The summed E-state index contributed by atoms with van der Waals surface area (Å²) in [4.78, 5) is 13.4. The molecule has 0 saturated carbocycles. The summed E-state index contributed by atoms with van der Waals surface area (Å²) in [6.07, 6.45) is 2.68. The first kappa shape index (κ1) is 18.7. The average molecular weight is 354 g/mol. The lowest BCUT2D eigenvalue weighted by Crippen LogP contribution is -2.36. The van der Waals surface area contributed by atoms with Gasteiger partial charge >= 0.3 is 0 Å². The SMILES string of the molecule is CCCCOc1ccc(S(=O)(=O)N2CCCN(C(C)=O)CC2)cc1. The summed E-state index contributed by atoms with van der Waals surface area (Å²) >= 11 is 0. The summed E-state index contributed by atoms with van der Waals surface area (Å²) in [5.41, 5.74) is 0. The van der Waals surface area contributed by atoms with Crippen LogP contribution in [0.3, 0.4) is 0 Å². The van der Waals surface area contributed by atoms with Gasteiger partial charge in [-0.3, -0.25) is 4.79 Å². The largest absolute Gasteiger partial charge is 0.494 e. The number of hydrogen-bond donors (Lipinski definition) is 0. The zero-order valence-electron chi connectivity index (χ0n) is 14.4. The molecule has 2 rings (SSSR count). The quantitative estimate of drug-likeness (QED) is 0.734. The van der Waals surface area contributed by atoms with E-state index < -0.39 is 10.0 Å². The lowest BCUT2D eigenvalue weighted by Gasteiger charge is -2.21. The predicted octanol–water partition coefficient (Wildman–Crippen LogP) is 2.11. The highest BCUT2D eigenvalue weighted by Crippen LogP contribution is 2.21. The van der Waals surface area contributed by atoms with Gasteiger partial charge in [-0.2, -0.15) is 4.31 Å². The third-order valence-electron chi connectivity index (χ3n) is 4.13. The number of carbonyl (C=O) groups is 1. The summed E-state index contributed by atoms with van der Waals surface area (Å²) < 4.78 is 32.6. The number of ether oxygens (including phenoxy) is 1. The van der Waals surface area contributed by atoms with E-state index in [2.05, 4.69) is 6.92 Å². The number of sulfonamides is 1. The van der Waals surface area contributed by atoms with Crippen LogP contribution >= 0.6 is 0 Å². The second-order valence-corrected chi connectivity index (χ2v) is 7.88. The zero-order chi connectivity index (χ0) is 17.6. The lowest BCUT2D eigenvalue weighted by atomic mass is 10.3.